The first-order valence-corrected chi connectivity index (χ1v) is 7.64. The van der Waals surface area contributed by atoms with Crippen LogP contribution in [0.3, 0.4) is 0 Å². The third kappa shape index (κ3) is 3.90. The molecule has 2 aromatic heterocycles. The molecule has 0 aliphatic heterocycles. The molecule has 0 aromatic carbocycles. The number of aryl methyl sites for hydroxylation is 1. The van der Waals surface area contributed by atoms with E-state index >= 15 is 0 Å². The average molecular weight is 282 g/mol. The van der Waals surface area contributed by atoms with Gasteiger partial charge in [0.15, 0.2) is 0 Å². The summed E-state index contributed by atoms with van der Waals surface area (Å²) in [5.41, 5.74) is 4.14. The Balaban J connectivity index is 2.11. The van der Waals surface area contributed by atoms with Crippen molar-refractivity contribution in [2.24, 2.45) is 0 Å². The smallest absolute Gasteiger partial charge is 0.0305 e. The number of hydrogen-bond donors (Lipinski definition) is 0. The van der Waals surface area contributed by atoms with E-state index in [0.29, 0.717) is 0 Å². The van der Waals surface area contributed by atoms with Crippen molar-refractivity contribution >= 4 is 0 Å². The second kappa shape index (κ2) is 5.97. The van der Waals surface area contributed by atoms with E-state index in [0.717, 1.165) is 12.8 Å². The molecule has 112 valence electrons. The van der Waals surface area contributed by atoms with Gasteiger partial charge >= 0.3 is 0 Å². The molecule has 0 fully saturated rings. The van der Waals surface area contributed by atoms with Crippen LogP contribution in [-0.2, 0) is 10.8 Å². The fourth-order valence-electron chi connectivity index (χ4n) is 2.60. The van der Waals surface area contributed by atoms with E-state index in [4.69, 9.17) is 0 Å². The lowest BCUT2D eigenvalue weighted by molar-refractivity contribution is 0.373. The Morgan fingerprint density at radius 2 is 1.48 bits per heavy atom. The van der Waals surface area contributed by atoms with E-state index in [2.05, 4.69) is 56.7 Å². The van der Waals surface area contributed by atoms with Gasteiger partial charge in [-0.15, -0.1) is 0 Å². The number of nitrogens with zero attached hydrogens (tertiary/aromatic N) is 2. The van der Waals surface area contributed by atoms with Crippen LogP contribution in [0.5, 0.6) is 0 Å². The predicted octanol–water partition coefficient (Wildman–Crippen LogP) is 4.82. The molecule has 0 N–H and O–H groups in total. The van der Waals surface area contributed by atoms with Gasteiger partial charge in [0.05, 0.1) is 0 Å². The molecule has 0 amide bonds. The summed E-state index contributed by atoms with van der Waals surface area (Å²) in [6, 6.07) is 6.45. The van der Waals surface area contributed by atoms with Gasteiger partial charge in [-0.2, -0.15) is 0 Å². The summed E-state index contributed by atoms with van der Waals surface area (Å²) in [5.74, 6) is 0. The molecule has 0 radical (unpaired) electrons. The van der Waals surface area contributed by atoms with Crippen LogP contribution >= 0.6 is 0 Å². The summed E-state index contributed by atoms with van der Waals surface area (Å²) in [6.45, 7) is 11.3. The van der Waals surface area contributed by atoms with Crippen molar-refractivity contribution in [2.75, 3.05) is 0 Å². The fraction of sp³-hybridized carbons (Fsp3) is 0.474. The number of aromatic nitrogens is 2. The Labute approximate surface area is 128 Å². The molecule has 0 aliphatic rings. The molecule has 2 nitrogen and oxygen atoms in total. The quantitative estimate of drug-likeness (QED) is 0.785. The van der Waals surface area contributed by atoms with Gasteiger partial charge in [0, 0.05) is 24.8 Å². The minimum absolute atomic E-state index is 0.137. The van der Waals surface area contributed by atoms with Crippen molar-refractivity contribution in [3.05, 3.63) is 59.7 Å². The lowest BCUT2D eigenvalue weighted by atomic mass is 9.73. The minimum atomic E-state index is 0.137. The van der Waals surface area contributed by atoms with Gasteiger partial charge in [-0.3, -0.25) is 9.97 Å². The van der Waals surface area contributed by atoms with E-state index in [9.17, 15) is 0 Å². The second-order valence-electron chi connectivity index (χ2n) is 7.26. The molecule has 2 heterocycles. The summed E-state index contributed by atoms with van der Waals surface area (Å²) in [6.07, 6.45) is 9.99. The maximum absolute atomic E-state index is 4.34. The van der Waals surface area contributed by atoms with Gasteiger partial charge < -0.3 is 0 Å². The molecular formula is C19H26N2. The largest absolute Gasteiger partial charge is 0.264 e. The predicted molar refractivity (Wildman–Crippen MR) is 88.5 cm³/mol. The zero-order chi connectivity index (χ0) is 15.5. The van der Waals surface area contributed by atoms with E-state index < -0.39 is 0 Å². The summed E-state index contributed by atoms with van der Waals surface area (Å²) >= 11 is 0. The Bertz CT molecular complexity index is 586. The van der Waals surface area contributed by atoms with Crippen LogP contribution in [0.25, 0.3) is 0 Å². The van der Waals surface area contributed by atoms with Crippen LogP contribution in [-0.4, -0.2) is 9.97 Å². The molecule has 2 rings (SSSR count). The van der Waals surface area contributed by atoms with Crippen molar-refractivity contribution in [1.29, 1.82) is 0 Å². The van der Waals surface area contributed by atoms with Crippen molar-refractivity contribution in [3.8, 4) is 0 Å². The molecule has 0 aliphatic carbocycles. The van der Waals surface area contributed by atoms with Crippen LogP contribution in [0, 0.1) is 6.92 Å². The van der Waals surface area contributed by atoms with Gasteiger partial charge in [-0.25, -0.2) is 0 Å². The standard InChI is InChI=1S/C19H26N2/c1-15-11-17(14-21-12-15)19(4,5)9-8-18(2,3)16-7-6-10-20-13-16/h6-7,10-14H,8-9H2,1-5H3. The zero-order valence-electron chi connectivity index (χ0n) is 13.9. The van der Waals surface area contributed by atoms with Crippen LogP contribution in [0.4, 0.5) is 0 Å². The van der Waals surface area contributed by atoms with Crippen molar-refractivity contribution in [1.82, 2.24) is 9.97 Å². The van der Waals surface area contributed by atoms with Crippen LogP contribution in [0.15, 0.2) is 43.0 Å². The zero-order valence-corrected chi connectivity index (χ0v) is 13.9. The van der Waals surface area contributed by atoms with Crippen molar-refractivity contribution < 1.29 is 0 Å². The van der Waals surface area contributed by atoms with Gasteiger partial charge in [-0.1, -0.05) is 39.8 Å². The topological polar surface area (TPSA) is 25.8 Å². The second-order valence-corrected chi connectivity index (χ2v) is 7.26. The molecule has 0 atom stereocenters. The maximum Gasteiger partial charge on any atom is 0.0305 e. The Morgan fingerprint density at radius 3 is 2.05 bits per heavy atom. The summed E-state index contributed by atoms with van der Waals surface area (Å²) in [4.78, 5) is 8.60. The lowest BCUT2D eigenvalue weighted by Crippen LogP contribution is -2.24. The molecule has 2 heteroatoms. The van der Waals surface area contributed by atoms with Gasteiger partial charge in [0.25, 0.3) is 0 Å². The first kappa shape index (κ1) is 15.7. The fourth-order valence-corrected chi connectivity index (χ4v) is 2.60. The highest BCUT2D eigenvalue weighted by molar-refractivity contribution is 5.25. The number of rotatable bonds is 5. The van der Waals surface area contributed by atoms with Crippen molar-refractivity contribution in [3.63, 3.8) is 0 Å². The number of pyridine rings is 2. The van der Waals surface area contributed by atoms with Gasteiger partial charge in [0.1, 0.15) is 0 Å². The van der Waals surface area contributed by atoms with Crippen LogP contribution in [0.1, 0.15) is 57.2 Å². The van der Waals surface area contributed by atoms with E-state index in [-0.39, 0.29) is 10.8 Å². The summed E-state index contributed by atoms with van der Waals surface area (Å²) in [7, 11) is 0. The van der Waals surface area contributed by atoms with E-state index in [1.54, 1.807) is 0 Å². The highest BCUT2D eigenvalue weighted by atomic mass is 14.6. The SMILES string of the molecule is Cc1cncc(C(C)(C)CCC(C)(C)c2cccnc2)c1. The molecule has 0 unspecified atom stereocenters. The molecule has 21 heavy (non-hydrogen) atoms. The van der Waals surface area contributed by atoms with Crippen molar-refractivity contribution in [2.45, 2.75) is 58.3 Å². The summed E-state index contributed by atoms with van der Waals surface area (Å²) < 4.78 is 0. The Hall–Kier alpha value is -1.70. The van der Waals surface area contributed by atoms with E-state index in [1.807, 2.05) is 30.9 Å². The minimum Gasteiger partial charge on any atom is -0.264 e. The molecule has 0 spiro atoms. The molecule has 0 saturated heterocycles. The third-order valence-corrected chi connectivity index (χ3v) is 4.47. The highest BCUT2D eigenvalue weighted by Crippen LogP contribution is 2.35. The number of hydrogen-bond acceptors (Lipinski definition) is 2. The third-order valence-electron chi connectivity index (χ3n) is 4.47. The lowest BCUT2D eigenvalue weighted by Gasteiger charge is -2.31. The van der Waals surface area contributed by atoms with Crippen LogP contribution < -0.4 is 0 Å². The van der Waals surface area contributed by atoms with Crippen LogP contribution in [0.2, 0.25) is 0 Å². The normalized spacial score (nSPS) is 12.4. The highest BCUT2D eigenvalue weighted by Gasteiger charge is 2.27. The molecule has 0 saturated carbocycles. The summed E-state index contributed by atoms with van der Waals surface area (Å²) in [5, 5.41) is 0. The molecular weight excluding hydrogens is 256 g/mol. The maximum atomic E-state index is 4.34. The first-order valence-electron chi connectivity index (χ1n) is 7.64. The Kier molecular flexibility index (Phi) is 4.46. The average Bonchev–Trinajstić information content (AvgIpc) is 2.46. The first-order chi connectivity index (χ1) is 9.81. The molecule has 2 aromatic rings. The van der Waals surface area contributed by atoms with Gasteiger partial charge in [0.2, 0.25) is 0 Å². The van der Waals surface area contributed by atoms with E-state index in [1.165, 1.54) is 16.7 Å². The molecule has 0 bridgehead atoms. The monoisotopic (exact) mass is 282 g/mol. The Morgan fingerprint density at radius 1 is 0.857 bits per heavy atom. The van der Waals surface area contributed by atoms with Gasteiger partial charge in [-0.05, 0) is 53.4 Å².